The van der Waals surface area contributed by atoms with Gasteiger partial charge in [0.05, 0.1) is 33.4 Å². The monoisotopic (exact) mass is 880 g/mol. The van der Waals surface area contributed by atoms with Crippen LogP contribution >= 0.6 is 0 Å². The summed E-state index contributed by atoms with van der Waals surface area (Å²) in [6, 6.07) is 87.7. The standard InChI is InChI=1S/C64H40N4O/c1-5-17-43(18-6-1)65(53-35-37-57-63-51(53)31-27-41-15-13-25-55(61(41)63)67(57)45-21-9-3-10-22-45)47-29-33-49-50-34-30-48(40-60(50)69-59(49)39-47)66(44-19-7-2-8-20-44)54-36-38-58-64-52(54)32-28-42-16-14-26-56(62(42)64)68(58)46-23-11-4-12-24-46/h1-40H. The van der Waals surface area contributed by atoms with Gasteiger partial charge in [0.2, 0.25) is 0 Å². The van der Waals surface area contributed by atoms with Crippen molar-refractivity contribution in [1.82, 2.24) is 9.13 Å². The van der Waals surface area contributed by atoms with E-state index in [1.165, 1.54) is 65.2 Å². The molecule has 0 aliphatic heterocycles. The minimum atomic E-state index is 0.834. The summed E-state index contributed by atoms with van der Waals surface area (Å²) < 4.78 is 11.8. The van der Waals surface area contributed by atoms with Gasteiger partial charge in [0, 0.05) is 89.3 Å². The van der Waals surface area contributed by atoms with Crippen LogP contribution in [0.25, 0.3) is 98.5 Å². The maximum absolute atomic E-state index is 6.98. The van der Waals surface area contributed by atoms with Gasteiger partial charge in [0.1, 0.15) is 11.2 Å². The van der Waals surface area contributed by atoms with Crippen LogP contribution in [-0.4, -0.2) is 9.13 Å². The molecular weight excluding hydrogens is 841 g/mol. The van der Waals surface area contributed by atoms with Crippen molar-refractivity contribution >= 4 is 121 Å². The van der Waals surface area contributed by atoms with E-state index in [0.29, 0.717) is 0 Å². The van der Waals surface area contributed by atoms with Crippen LogP contribution in [0.15, 0.2) is 247 Å². The van der Waals surface area contributed by atoms with Gasteiger partial charge >= 0.3 is 0 Å². The smallest absolute Gasteiger partial charge is 0.137 e. The highest BCUT2D eigenvalue weighted by molar-refractivity contribution is 6.28. The topological polar surface area (TPSA) is 29.5 Å². The minimum Gasteiger partial charge on any atom is -0.456 e. The average Bonchev–Trinajstić information content (AvgIpc) is 4.08. The molecule has 0 aliphatic rings. The normalized spacial score (nSPS) is 12.1. The van der Waals surface area contributed by atoms with E-state index in [9.17, 15) is 0 Å². The van der Waals surface area contributed by atoms with Crippen molar-refractivity contribution in [3.63, 3.8) is 0 Å². The Bertz CT molecular complexity index is 4130. The first kappa shape index (κ1) is 37.9. The van der Waals surface area contributed by atoms with Crippen LogP contribution in [0.5, 0.6) is 0 Å². The van der Waals surface area contributed by atoms with Crippen molar-refractivity contribution in [1.29, 1.82) is 0 Å². The molecular formula is C64H40N4O. The molecule has 0 fully saturated rings. The zero-order chi connectivity index (χ0) is 45.2. The van der Waals surface area contributed by atoms with Gasteiger partial charge in [-0.15, -0.1) is 0 Å². The third-order valence-electron chi connectivity index (χ3n) is 14.4. The molecule has 0 radical (unpaired) electrons. The lowest BCUT2D eigenvalue weighted by molar-refractivity contribution is 0.669. The Labute approximate surface area is 396 Å². The molecule has 15 rings (SSSR count). The Balaban J connectivity index is 0.895. The second-order valence-corrected chi connectivity index (χ2v) is 18.1. The van der Waals surface area contributed by atoms with Crippen molar-refractivity contribution in [3.05, 3.63) is 243 Å². The Kier molecular flexibility index (Phi) is 8.00. The number of para-hydroxylation sites is 4. The van der Waals surface area contributed by atoms with Crippen LogP contribution in [0.4, 0.5) is 34.1 Å². The van der Waals surface area contributed by atoms with Crippen LogP contribution in [0, 0.1) is 0 Å². The van der Waals surface area contributed by atoms with Gasteiger partial charge in [-0.2, -0.15) is 0 Å². The number of hydrogen-bond donors (Lipinski definition) is 0. The van der Waals surface area contributed by atoms with Crippen molar-refractivity contribution in [2.45, 2.75) is 0 Å². The number of fused-ring (bicyclic) bond motifs is 3. The molecule has 0 aliphatic carbocycles. The van der Waals surface area contributed by atoms with E-state index in [1.807, 2.05) is 0 Å². The first-order valence-corrected chi connectivity index (χ1v) is 23.6. The summed E-state index contributed by atoms with van der Waals surface area (Å²) in [6.45, 7) is 0. The van der Waals surface area contributed by atoms with Gasteiger partial charge in [0.15, 0.2) is 0 Å². The highest BCUT2D eigenvalue weighted by Crippen LogP contribution is 2.49. The maximum atomic E-state index is 6.98. The van der Waals surface area contributed by atoms with Gasteiger partial charge in [-0.25, -0.2) is 0 Å². The molecule has 0 atom stereocenters. The fourth-order valence-electron chi connectivity index (χ4n) is 11.5. The summed E-state index contributed by atoms with van der Waals surface area (Å²) in [5.41, 5.74) is 15.2. The molecule has 322 valence electrons. The van der Waals surface area contributed by atoms with Gasteiger partial charge < -0.3 is 23.4 Å². The number of anilines is 6. The lowest BCUT2D eigenvalue weighted by atomic mass is 9.99. The van der Waals surface area contributed by atoms with Crippen molar-refractivity contribution in [3.8, 4) is 11.4 Å². The maximum Gasteiger partial charge on any atom is 0.137 e. The molecule has 0 saturated heterocycles. The van der Waals surface area contributed by atoms with E-state index in [1.54, 1.807) is 0 Å². The number of benzene rings is 12. The van der Waals surface area contributed by atoms with E-state index < -0.39 is 0 Å². The van der Waals surface area contributed by atoms with Crippen LogP contribution in [-0.2, 0) is 0 Å². The first-order valence-electron chi connectivity index (χ1n) is 23.6. The first-order chi connectivity index (χ1) is 34.2. The molecule has 15 aromatic rings. The zero-order valence-electron chi connectivity index (χ0n) is 37.3. The van der Waals surface area contributed by atoms with E-state index in [-0.39, 0.29) is 0 Å². The number of nitrogens with zero attached hydrogens (tertiary/aromatic N) is 4. The zero-order valence-corrected chi connectivity index (χ0v) is 37.3. The molecule has 69 heavy (non-hydrogen) atoms. The lowest BCUT2D eigenvalue weighted by Gasteiger charge is -2.27. The summed E-state index contributed by atoms with van der Waals surface area (Å²) in [5, 5.41) is 12.1. The SMILES string of the molecule is c1ccc(N(c2ccc3c(c2)oc2cc(N(c4ccccc4)c4ccc5c6c4ccc4cccc(c46)n5-c4ccccc4)ccc23)c2ccc3c4c2ccc2cccc(c24)n3-c2ccccc2)cc1. The second-order valence-electron chi connectivity index (χ2n) is 18.1. The number of hydrogen-bond acceptors (Lipinski definition) is 3. The quantitative estimate of drug-likeness (QED) is 0.142. The fraction of sp³-hybridized carbons (Fsp3) is 0. The van der Waals surface area contributed by atoms with Crippen molar-refractivity contribution in [2.24, 2.45) is 0 Å². The van der Waals surface area contributed by atoms with Gasteiger partial charge in [0.25, 0.3) is 0 Å². The fourth-order valence-corrected chi connectivity index (χ4v) is 11.5. The summed E-state index contributed by atoms with van der Waals surface area (Å²) >= 11 is 0. The molecule has 5 heteroatoms. The Morgan fingerprint density at radius 3 is 1.10 bits per heavy atom. The van der Waals surface area contributed by atoms with E-state index in [2.05, 4.69) is 262 Å². The Morgan fingerprint density at radius 2 is 0.667 bits per heavy atom. The molecule has 0 spiro atoms. The number of furan rings is 1. The molecule has 0 unspecified atom stereocenters. The Morgan fingerprint density at radius 1 is 0.275 bits per heavy atom. The van der Waals surface area contributed by atoms with E-state index >= 15 is 0 Å². The molecule has 0 saturated carbocycles. The summed E-state index contributed by atoms with van der Waals surface area (Å²) in [4.78, 5) is 4.76. The highest BCUT2D eigenvalue weighted by Gasteiger charge is 2.25. The Hall–Kier alpha value is -9.32. The lowest BCUT2D eigenvalue weighted by Crippen LogP contribution is -2.10. The van der Waals surface area contributed by atoms with Crippen LogP contribution in [0.1, 0.15) is 0 Å². The summed E-state index contributed by atoms with van der Waals surface area (Å²) in [7, 11) is 0. The predicted octanol–water partition coefficient (Wildman–Crippen LogP) is 17.9. The third kappa shape index (κ3) is 5.53. The second kappa shape index (κ2) is 14.6. The van der Waals surface area contributed by atoms with E-state index in [4.69, 9.17) is 4.42 Å². The average molecular weight is 881 g/mol. The molecule has 12 aromatic carbocycles. The highest BCUT2D eigenvalue weighted by atomic mass is 16.3. The molecule has 5 nitrogen and oxygen atoms in total. The molecule has 3 heterocycles. The predicted molar refractivity (Wildman–Crippen MR) is 289 cm³/mol. The third-order valence-corrected chi connectivity index (χ3v) is 14.4. The van der Waals surface area contributed by atoms with Gasteiger partial charge in [-0.1, -0.05) is 121 Å². The molecule has 0 amide bonds. The van der Waals surface area contributed by atoms with Crippen LogP contribution in [0.2, 0.25) is 0 Å². The largest absolute Gasteiger partial charge is 0.456 e. The number of aromatic nitrogens is 2. The van der Waals surface area contributed by atoms with E-state index in [0.717, 1.165) is 67.4 Å². The van der Waals surface area contributed by atoms with Crippen LogP contribution < -0.4 is 9.80 Å². The van der Waals surface area contributed by atoms with Gasteiger partial charge in [-0.05, 0) is 120 Å². The number of rotatable bonds is 8. The van der Waals surface area contributed by atoms with Gasteiger partial charge in [-0.3, -0.25) is 0 Å². The minimum absolute atomic E-state index is 0.834. The summed E-state index contributed by atoms with van der Waals surface area (Å²) in [6.07, 6.45) is 0. The van der Waals surface area contributed by atoms with Crippen molar-refractivity contribution < 1.29 is 4.42 Å². The summed E-state index contributed by atoms with van der Waals surface area (Å²) in [5.74, 6) is 0. The molecule has 0 bridgehead atoms. The van der Waals surface area contributed by atoms with Crippen molar-refractivity contribution in [2.75, 3.05) is 9.80 Å². The molecule has 3 aromatic heterocycles. The molecule has 0 N–H and O–H groups in total. The van der Waals surface area contributed by atoms with Crippen LogP contribution in [0.3, 0.4) is 0 Å².